The minimum absolute atomic E-state index is 0. The highest BCUT2D eigenvalue weighted by atomic mass is 35.5. The van der Waals surface area contributed by atoms with Gasteiger partial charge in [0.05, 0.1) is 5.69 Å². The van der Waals surface area contributed by atoms with E-state index in [9.17, 15) is 19.5 Å². The summed E-state index contributed by atoms with van der Waals surface area (Å²) in [6.45, 7) is 4.36. The number of aliphatic hydroxyl groups is 1. The molecule has 3 aromatic rings. The molecule has 5 N–H and O–H groups in total. The smallest absolute Gasteiger partial charge is 0.246 e. The number of carbonyl (C=O) groups is 3. The summed E-state index contributed by atoms with van der Waals surface area (Å²) in [5.74, 6) is -2.93. The van der Waals surface area contributed by atoms with Gasteiger partial charge in [-0.1, -0.05) is 30.3 Å². The van der Waals surface area contributed by atoms with Crippen LogP contribution in [0.25, 0.3) is 10.9 Å². The lowest BCUT2D eigenvalue weighted by atomic mass is 9.94. The van der Waals surface area contributed by atoms with E-state index in [2.05, 4.69) is 30.2 Å². The number of ether oxygens (including phenoxy) is 1. The number of H-pyrrole nitrogens is 1. The van der Waals surface area contributed by atoms with Crippen LogP contribution in [0.2, 0.25) is 0 Å². The molecule has 10 heteroatoms. The van der Waals surface area contributed by atoms with Gasteiger partial charge >= 0.3 is 0 Å². The molecule has 1 saturated heterocycles. The number of benzene rings is 2. The lowest BCUT2D eigenvalue weighted by molar-refractivity contribution is -0.130. The Morgan fingerprint density at radius 3 is 2.64 bits per heavy atom. The number of aliphatic hydroxyl groups excluding tert-OH is 1. The summed E-state index contributed by atoms with van der Waals surface area (Å²) >= 11 is 0. The number of hydrogen-bond acceptors (Lipinski definition) is 6. The number of nitrogens with zero attached hydrogens (tertiary/aromatic N) is 1. The van der Waals surface area contributed by atoms with Crippen LogP contribution in [0.4, 0.5) is 5.69 Å². The van der Waals surface area contributed by atoms with Crippen molar-refractivity contribution in [2.45, 2.75) is 38.3 Å². The number of nitrogens with two attached hydrogens (primary N) is 1. The lowest BCUT2D eigenvalue weighted by Crippen LogP contribution is -2.46. The Morgan fingerprint density at radius 2 is 1.92 bits per heavy atom. The third kappa shape index (κ3) is 5.87. The standard InChI is InChI=1S/C26H30N4O5.ClH/c1-26(2,12-16-13-28-20-8-4-3-7-18(16)20)29-14-17(31)15-35-22-10-6-5-9-21(22)30-23(32)11-19(24(27)33)25(30)34;/h3-10,13,17,19,28-29,31H,11-12,14-15H2,1-2H3,(H2,27,33);1H. The normalized spacial score (nSPS) is 16.8. The zero-order valence-electron chi connectivity index (χ0n) is 20.2. The van der Waals surface area contributed by atoms with Crippen LogP contribution in [-0.4, -0.2) is 52.6 Å². The van der Waals surface area contributed by atoms with Gasteiger partial charge in [0.2, 0.25) is 17.7 Å². The van der Waals surface area contributed by atoms with Crippen molar-refractivity contribution < 1.29 is 24.2 Å². The van der Waals surface area contributed by atoms with Gasteiger partial charge in [0.25, 0.3) is 0 Å². The number of primary amides is 1. The predicted molar refractivity (Wildman–Crippen MR) is 139 cm³/mol. The van der Waals surface area contributed by atoms with E-state index in [4.69, 9.17) is 10.5 Å². The summed E-state index contributed by atoms with van der Waals surface area (Å²) in [7, 11) is 0. The van der Waals surface area contributed by atoms with E-state index in [-0.39, 0.29) is 49.0 Å². The maximum atomic E-state index is 12.6. The average molecular weight is 515 g/mol. The highest BCUT2D eigenvalue weighted by Crippen LogP contribution is 2.34. The Balaban J connectivity index is 0.00000361. The van der Waals surface area contributed by atoms with E-state index in [1.165, 1.54) is 10.9 Å². The Bertz CT molecular complexity index is 1260. The highest BCUT2D eigenvalue weighted by molar-refractivity contribution is 6.26. The third-order valence-corrected chi connectivity index (χ3v) is 6.15. The van der Waals surface area contributed by atoms with Gasteiger partial charge in [0, 0.05) is 35.6 Å². The van der Waals surface area contributed by atoms with Gasteiger partial charge in [-0.3, -0.25) is 14.4 Å². The number of imide groups is 1. The SMILES string of the molecule is CC(C)(Cc1c[nH]c2ccccc12)NCC(O)COc1ccccc1N1C(=O)CC(C(N)=O)C1=O.Cl. The van der Waals surface area contributed by atoms with Crippen molar-refractivity contribution in [1.29, 1.82) is 0 Å². The van der Waals surface area contributed by atoms with Crippen LogP contribution in [0.3, 0.4) is 0 Å². The van der Waals surface area contributed by atoms with Crippen LogP contribution in [-0.2, 0) is 20.8 Å². The first kappa shape index (κ1) is 27.2. The fourth-order valence-corrected chi connectivity index (χ4v) is 4.33. The summed E-state index contributed by atoms with van der Waals surface area (Å²) in [6, 6.07) is 14.6. The molecule has 1 fully saturated rings. The van der Waals surface area contributed by atoms with Crippen LogP contribution in [0.15, 0.2) is 54.7 Å². The van der Waals surface area contributed by atoms with Crippen molar-refractivity contribution in [1.82, 2.24) is 10.3 Å². The number of anilines is 1. The van der Waals surface area contributed by atoms with Crippen LogP contribution in [0.1, 0.15) is 25.8 Å². The minimum Gasteiger partial charge on any atom is -0.489 e. The van der Waals surface area contributed by atoms with Crippen LogP contribution < -0.4 is 20.7 Å². The van der Waals surface area contributed by atoms with Gasteiger partial charge in [0.1, 0.15) is 24.4 Å². The number of halogens is 1. The quantitative estimate of drug-likeness (QED) is 0.242. The molecule has 192 valence electrons. The highest BCUT2D eigenvalue weighted by Gasteiger charge is 2.43. The molecule has 0 aliphatic carbocycles. The van der Waals surface area contributed by atoms with Gasteiger partial charge in [-0.05, 0) is 44.0 Å². The maximum absolute atomic E-state index is 12.6. The maximum Gasteiger partial charge on any atom is 0.246 e. The Hall–Kier alpha value is -3.40. The number of para-hydroxylation sites is 3. The molecule has 2 heterocycles. The van der Waals surface area contributed by atoms with Gasteiger partial charge in [-0.2, -0.15) is 0 Å². The van der Waals surface area contributed by atoms with E-state index >= 15 is 0 Å². The molecule has 1 aliphatic rings. The van der Waals surface area contributed by atoms with E-state index < -0.39 is 29.7 Å². The fourth-order valence-electron chi connectivity index (χ4n) is 4.33. The van der Waals surface area contributed by atoms with Crippen LogP contribution in [0, 0.1) is 5.92 Å². The van der Waals surface area contributed by atoms with E-state index in [1.807, 2.05) is 24.4 Å². The minimum atomic E-state index is -1.18. The number of fused-ring (bicyclic) bond motifs is 1. The summed E-state index contributed by atoms with van der Waals surface area (Å²) in [4.78, 5) is 40.7. The topological polar surface area (TPSA) is 138 Å². The van der Waals surface area contributed by atoms with E-state index in [1.54, 1.807) is 24.3 Å². The first-order valence-electron chi connectivity index (χ1n) is 11.5. The fraction of sp³-hybridized carbons (Fsp3) is 0.346. The Kier molecular flexibility index (Phi) is 8.39. The number of amides is 3. The Labute approximate surface area is 215 Å². The first-order valence-corrected chi connectivity index (χ1v) is 11.5. The third-order valence-electron chi connectivity index (χ3n) is 6.15. The van der Waals surface area contributed by atoms with E-state index in [0.717, 1.165) is 16.8 Å². The number of β-amino-alcohol motifs (C(OH)–C–C–N with tert-alkyl or cyclic N) is 1. The first-order chi connectivity index (χ1) is 16.7. The zero-order valence-corrected chi connectivity index (χ0v) is 21.0. The summed E-state index contributed by atoms with van der Waals surface area (Å²) in [5, 5.41) is 15.1. The number of rotatable bonds is 10. The molecule has 0 spiro atoms. The number of hydrogen-bond donors (Lipinski definition) is 4. The van der Waals surface area contributed by atoms with Crippen molar-refractivity contribution in [2.24, 2.45) is 11.7 Å². The average Bonchev–Trinajstić information content (AvgIpc) is 3.36. The van der Waals surface area contributed by atoms with Crippen molar-refractivity contribution in [3.63, 3.8) is 0 Å². The molecule has 1 aliphatic heterocycles. The molecular weight excluding hydrogens is 484 g/mol. The summed E-state index contributed by atoms with van der Waals surface area (Å²) < 4.78 is 5.78. The van der Waals surface area contributed by atoms with Gasteiger partial charge in [0.15, 0.2) is 0 Å². The van der Waals surface area contributed by atoms with Gasteiger partial charge in [-0.15, -0.1) is 12.4 Å². The molecule has 4 rings (SSSR count). The molecule has 0 saturated carbocycles. The van der Waals surface area contributed by atoms with Crippen molar-refractivity contribution in [2.75, 3.05) is 18.1 Å². The number of carbonyl (C=O) groups excluding carboxylic acids is 3. The second-order valence-electron chi connectivity index (χ2n) is 9.46. The number of aromatic amines is 1. The number of nitrogens with one attached hydrogen (secondary N) is 2. The van der Waals surface area contributed by atoms with Gasteiger partial charge < -0.3 is 25.9 Å². The second kappa shape index (κ2) is 11.1. The lowest BCUT2D eigenvalue weighted by Gasteiger charge is -2.28. The number of aromatic nitrogens is 1. The molecule has 2 atom stereocenters. The molecule has 0 radical (unpaired) electrons. The predicted octanol–water partition coefficient (Wildman–Crippen LogP) is 2.31. The largest absolute Gasteiger partial charge is 0.489 e. The summed E-state index contributed by atoms with van der Waals surface area (Å²) in [6.07, 6.45) is 1.66. The molecule has 9 nitrogen and oxygen atoms in total. The molecule has 0 bridgehead atoms. The van der Waals surface area contributed by atoms with Crippen molar-refractivity contribution in [3.8, 4) is 5.75 Å². The monoisotopic (exact) mass is 514 g/mol. The van der Waals surface area contributed by atoms with Crippen molar-refractivity contribution in [3.05, 3.63) is 60.3 Å². The van der Waals surface area contributed by atoms with Gasteiger partial charge in [-0.25, -0.2) is 4.90 Å². The van der Waals surface area contributed by atoms with Crippen LogP contribution in [0.5, 0.6) is 5.75 Å². The molecule has 3 amide bonds. The molecular formula is C26H31ClN4O5. The van der Waals surface area contributed by atoms with E-state index in [0.29, 0.717) is 0 Å². The Morgan fingerprint density at radius 1 is 1.22 bits per heavy atom. The van der Waals surface area contributed by atoms with Crippen molar-refractivity contribution >= 4 is 46.7 Å². The summed E-state index contributed by atoms with van der Waals surface area (Å²) in [5.41, 5.74) is 7.46. The second-order valence-corrected chi connectivity index (χ2v) is 9.46. The molecule has 2 unspecified atom stereocenters. The zero-order chi connectivity index (χ0) is 25.2. The molecule has 1 aromatic heterocycles. The van der Waals surface area contributed by atoms with Crippen LogP contribution >= 0.6 is 12.4 Å². The molecule has 2 aromatic carbocycles. The molecule has 36 heavy (non-hydrogen) atoms.